The molecule has 4 aromatic carbocycles. The van der Waals surface area contributed by atoms with E-state index in [1.54, 1.807) is 29.2 Å². The number of amides is 4. The second-order valence-corrected chi connectivity index (χ2v) is 10.9. The van der Waals surface area contributed by atoms with Gasteiger partial charge in [-0.25, -0.2) is 9.69 Å². The molecule has 1 fully saturated rings. The van der Waals surface area contributed by atoms with Crippen LogP contribution >= 0.6 is 0 Å². The first-order valence-electron chi connectivity index (χ1n) is 14.3. The maximum absolute atomic E-state index is 14.3. The number of rotatable bonds is 6. The molecule has 0 bridgehead atoms. The van der Waals surface area contributed by atoms with Gasteiger partial charge in [-0.1, -0.05) is 84.9 Å². The van der Waals surface area contributed by atoms with Crippen LogP contribution in [0.25, 0.3) is 10.9 Å². The van der Waals surface area contributed by atoms with Crippen LogP contribution in [0.2, 0.25) is 0 Å². The van der Waals surface area contributed by atoms with E-state index in [1.807, 2.05) is 79.7 Å². The van der Waals surface area contributed by atoms with E-state index >= 15 is 0 Å². The number of carbonyl (C=O) groups is 3. The quantitative estimate of drug-likeness (QED) is 0.255. The van der Waals surface area contributed by atoms with Crippen molar-refractivity contribution in [2.24, 2.45) is 0 Å². The number of aromatic amines is 1. The molecule has 3 heterocycles. The highest BCUT2D eigenvalue weighted by Gasteiger charge is 2.53. The Labute approximate surface area is 243 Å². The number of H-pyrrole nitrogens is 1. The minimum Gasteiger partial charge on any atom is -0.356 e. The van der Waals surface area contributed by atoms with Crippen molar-refractivity contribution in [2.75, 3.05) is 11.4 Å². The first-order chi connectivity index (χ1) is 20.5. The van der Waals surface area contributed by atoms with Crippen molar-refractivity contribution in [2.45, 2.75) is 31.8 Å². The second kappa shape index (κ2) is 10.3. The molecule has 1 aromatic heterocycles. The van der Waals surface area contributed by atoms with Crippen LogP contribution < -0.4 is 10.2 Å². The summed E-state index contributed by atoms with van der Waals surface area (Å²) in [7, 11) is 0. The number of anilines is 1. The van der Waals surface area contributed by atoms with E-state index in [0.717, 1.165) is 38.9 Å². The molecule has 0 aliphatic carbocycles. The lowest BCUT2D eigenvalue weighted by molar-refractivity contribution is -0.120. The van der Waals surface area contributed by atoms with Gasteiger partial charge in [0.25, 0.3) is 11.8 Å². The first-order valence-corrected chi connectivity index (χ1v) is 14.3. The highest BCUT2D eigenvalue weighted by atomic mass is 16.2. The smallest absolute Gasteiger partial charge is 0.332 e. The zero-order valence-corrected chi connectivity index (χ0v) is 23.2. The summed E-state index contributed by atoms with van der Waals surface area (Å²) >= 11 is 0. The molecule has 0 saturated carbocycles. The molecule has 2 aliphatic rings. The van der Waals surface area contributed by atoms with Crippen molar-refractivity contribution in [1.82, 2.24) is 15.2 Å². The minimum absolute atomic E-state index is 0.295. The third kappa shape index (κ3) is 4.16. The molecule has 2 aliphatic heterocycles. The van der Waals surface area contributed by atoms with E-state index in [2.05, 4.69) is 16.4 Å². The van der Waals surface area contributed by atoms with E-state index < -0.39 is 18.1 Å². The largest absolute Gasteiger partial charge is 0.356 e. The van der Waals surface area contributed by atoms with Gasteiger partial charge in [0.1, 0.15) is 12.1 Å². The lowest BCUT2D eigenvalue weighted by Crippen LogP contribution is -2.44. The first kappa shape index (κ1) is 25.8. The third-order valence-electron chi connectivity index (χ3n) is 8.46. The van der Waals surface area contributed by atoms with E-state index in [1.165, 1.54) is 4.90 Å². The lowest BCUT2D eigenvalue weighted by atomic mass is 9.87. The second-order valence-electron chi connectivity index (χ2n) is 10.9. The molecular formula is C35H30N4O3. The number of imide groups is 1. The number of hydrogen-bond donors (Lipinski definition) is 2. The fraction of sp³-hybridized carbons (Fsp3) is 0.171. The summed E-state index contributed by atoms with van der Waals surface area (Å²) in [5.41, 5.74) is 6.67. The summed E-state index contributed by atoms with van der Waals surface area (Å²) in [6, 6.07) is 31.2. The number of aromatic nitrogens is 1. The third-order valence-corrected chi connectivity index (χ3v) is 8.46. The number of para-hydroxylation sites is 2. The minimum atomic E-state index is -0.692. The van der Waals surface area contributed by atoms with Crippen LogP contribution in [0.5, 0.6) is 0 Å². The van der Waals surface area contributed by atoms with Gasteiger partial charge in [-0.3, -0.25) is 14.5 Å². The number of hydrogen-bond acceptors (Lipinski definition) is 3. The van der Waals surface area contributed by atoms with Crippen LogP contribution in [0.3, 0.4) is 0 Å². The normalized spacial score (nSPS) is 17.8. The molecule has 1 saturated heterocycles. The molecule has 0 radical (unpaired) electrons. The van der Waals surface area contributed by atoms with Gasteiger partial charge in [-0.05, 0) is 53.8 Å². The summed E-state index contributed by atoms with van der Waals surface area (Å²) in [4.78, 5) is 48.4. The molecule has 0 unspecified atom stereocenters. The molecule has 4 amide bonds. The Bertz CT molecular complexity index is 1840. The Morgan fingerprint density at radius 2 is 1.60 bits per heavy atom. The van der Waals surface area contributed by atoms with Crippen molar-refractivity contribution in [1.29, 1.82) is 0 Å². The molecule has 7 rings (SSSR count). The van der Waals surface area contributed by atoms with E-state index in [9.17, 15) is 14.4 Å². The molecule has 208 valence electrons. The van der Waals surface area contributed by atoms with Gasteiger partial charge in [-0.2, -0.15) is 0 Å². The monoisotopic (exact) mass is 554 g/mol. The van der Waals surface area contributed by atoms with Crippen LogP contribution in [0.15, 0.2) is 103 Å². The topological polar surface area (TPSA) is 85.5 Å². The summed E-state index contributed by atoms with van der Waals surface area (Å²) in [5, 5.41) is 4.03. The zero-order chi connectivity index (χ0) is 28.8. The predicted octanol–water partition coefficient (Wildman–Crippen LogP) is 5.93. The SMILES string of the molecule is Cc1ccccc1[C@@H]1c2[nH]c3ccccc3c2C[C@H]2C(=O)N(c3ccccc3C(=O)NCCc3ccccc3)C(=O)N12. The van der Waals surface area contributed by atoms with E-state index in [4.69, 9.17) is 0 Å². The Hall–Kier alpha value is -5.17. The fourth-order valence-corrected chi connectivity index (χ4v) is 6.44. The zero-order valence-electron chi connectivity index (χ0n) is 23.2. The Morgan fingerprint density at radius 1 is 0.881 bits per heavy atom. The number of benzene rings is 4. The lowest BCUT2D eigenvalue weighted by Gasteiger charge is -2.36. The number of urea groups is 1. The molecule has 2 N–H and O–H groups in total. The average molecular weight is 555 g/mol. The average Bonchev–Trinajstić information content (AvgIpc) is 3.51. The van der Waals surface area contributed by atoms with Crippen molar-refractivity contribution in [3.8, 4) is 0 Å². The number of nitrogens with zero attached hydrogens (tertiary/aromatic N) is 2. The number of nitrogens with one attached hydrogen (secondary N) is 2. The maximum atomic E-state index is 14.3. The van der Waals surface area contributed by atoms with Gasteiger partial charge in [0, 0.05) is 29.6 Å². The van der Waals surface area contributed by atoms with Gasteiger partial charge in [0.2, 0.25) is 0 Å². The summed E-state index contributed by atoms with van der Waals surface area (Å²) in [6.07, 6.45) is 1.07. The molecule has 7 heteroatoms. The highest BCUT2D eigenvalue weighted by molar-refractivity contribution is 6.24. The van der Waals surface area contributed by atoms with Crippen molar-refractivity contribution in [3.05, 3.63) is 137 Å². The van der Waals surface area contributed by atoms with Crippen LogP contribution in [-0.2, 0) is 17.6 Å². The molecule has 2 atom stereocenters. The fourth-order valence-electron chi connectivity index (χ4n) is 6.44. The summed E-state index contributed by atoms with van der Waals surface area (Å²) in [5.74, 6) is -0.641. The molecule has 5 aromatic rings. The number of fused-ring (bicyclic) bond motifs is 4. The Balaban J connectivity index is 1.26. The highest BCUT2D eigenvalue weighted by Crippen LogP contribution is 2.45. The van der Waals surface area contributed by atoms with Gasteiger partial charge in [0.05, 0.1) is 11.3 Å². The van der Waals surface area contributed by atoms with Gasteiger partial charge >= 0.3 is 6.03 Å². The van der Waals surface area contributed by atoms with E-state index in [-0.39, 0.29) is 11.8 Å². The van der Waals surface area contributed by atoms with Crippen LogP contribution in [0.4, 0.5) is 10.5 Å². The van der Waals surface area contributed by atoms with Crippen LogP contribution in [0, 0.1) is 6.92 Å². The van der Waals surface area contributed by atoms with Crippen molar-refractivity contribution >= 4 is 34.4 Å². The molecule has 7 nitrogen and oxygen atoms in total. The van der Waals surface area contributed by atoms with Gasteiger partial charge in [-0.15, -0.1) is 0 Å². The van der Waals surface area contributed by atoms with Crippen molar-refractivity contribution in [3.63, 3.8) is 0 Å². The van der Waals surface area contributed by atoms with Crippen LogP contribution in [0.1, 0.15) is 44.3 Å². The van der Waals surface area contributed by atoms with Gasteiger partial charge < -0.3 is 10.3 Å². The molecular weight excluding hydrogens is 524 g/mol. The summed E-state index contributed by atoms with van der Waals surface area (Å²) in [6.45, 7) is 2.46. The Morgan fingerprint density at radius 3 is 2.43 bits per heavy atom. The predicted molar refractivity (Wildman–Crippen MR) is 162 cm³/mol. The van der Waals surface area contributed by atoms with Gasteiger partial charge in [0.15, 0.2) is 0 Å². The maximum Gasteiger partial charge on any atom is 0.332 e. The van der Waals surface area contributed by atoms with Crippen molar-refractivity contribution < 1.29 is 14.4 Å². The van der Waals surface area contributed by atoms with E-state index in [0.29, 0.717) is 30.6 Å². The summed E-state index contributed by atoms with van der Waals surface area (Å²) < 4.78 is 0. The molecule has 42 heavy (non-hydrogen) atoms. The Kier molecular flexibility index (Phi) is 6.35. The van der Waals surface area contributed by atoms with Crippen LogP contribution in [-0.4, -0.2) is 40.3 Å². The molecule has 0 spiro atoms. The number of carbonyl (C=O) groups excluding carboxylic acids is 3. The standard InChI is InChI=1S/C35H30N4O3/c1-22-11-5-6-14-24(22)32-31-27(25-15-7-9-17-28(25)37-31)21-30-34(41)39(35(42)38(30)32)29-18-10-8-16-26(29)33(40)36-20-19-23-12-3-2-4-13-23/h2-18,30,32,37H,19-21H2,1H3,(H,36,40)/t30-,32+/m0/s1. The number of aryl methyl sites for hydroxylation is 1.